The molecule has 0 spiro atoms. The molecule has 2 saturated heterocycles. The molecular formula is C14H26N4O9S2. The van der Waals surface area contributed by atoms with Crippen LogP contribution in [0.25, 0.3) is 0 Å². The van der Waals surface area contributed by atoms with Gasteiger partial charge in [0.2, 0.25) is 0 Å². The Balaban J connectivity index is 1.80. The Labute approximate surface area is 169 Å². The van der Waals surface area contributed by atoms with E-state index >= 15 is 0 Å². The number of piperidine rings is 1. The van der Waals surface area contributed by atoms with E-state index in [2.05, 4.69) is 9.76 Å². The Morgan fingerprint density at radius 2 is 1.83 bits per heavy atom. The van der Waals surface area contributed by atoms with Crippen molar-refractivity contribution in [2.24, 2.45) is 11.7 Å². The van der Waals surface area contributed by atoms with Crippen LogP contribution >= 0.6 is 0 Å². The average Bonchev–Trinajstić information content (AvgIpc) is 2.65. The largest absolute Gasteiger partial charge is 0.418 e. The monoisotopic (exact) mass is 458 g/mol. The molecule has 29 heavy (non-hydrogen) atoms. The van der Waals surface area contributed by atoms with Crippen LogP contribution in [0.4, 0.5) is 4.79 Å². The van der Waals surface area contributed by atoms with Crippen molar-refractivity contribution in [3.8, 4) is 0 Å². The molecule has 2 heterocycles. The molecule has 0 aliphatic carbocycles. The smallest absolute Gasteiger partial charge is 0.325 e. The summed E-state index contributed by atoms with van der Waals surface area (Å²) in [4.78, 5) is 30.6. The fraction of sp³-hybridized carbons (Fsp3) is 0.857. The maximum Gasteiger partial charge on any atom is 0.418 e. The van der Waals surface area contributed by atoms with Crippen LogP contribution in [0.5, 0.6) is 0 Å². The van der Waals surface area contributed by atoms with Crippen LogP contribution in [-0.2, 0) is 34.2 Å². The molecule has 0 aromatic heterocycles. The third-order valence-corrected chi connectivity index (χ3v) is 6.96. The maximum atomic E-state index is 12.4. The first-order valence-electron chi connectivity index (χ1n) is 9.08. The number of hydrogen-bond donors (Lipinski definition) is 4. The maximum absolute atomic E-state index is 12.4. The number of hydrogen-bond acceptors (Lipinski definition) is 9. The van der Waals surface area contributed by atoms with Gasteiger partial charge in [-0.25, -0.2) is 18.7 Å². The molecule has 0 aromatic carbocycles. The number of amides is 3. The first kappa shape index (κ1) is 23.8. The highest BCUT2D eigenvalue weighted by Crippen LogP contribution is 2.21. The number of nitrogens with two attached hydrogens (primary N) is 1. The van der Waals surface area contributed by atoms with Gasteiger partial charge in [-0.1, -0.05) is 0 Å². The number of carbonyl (C=O) groups excluding carboxylic acids is 2. The molecule has 0 radical (unpaired) electrons. The van der Waals surface area contributed by atoms with Crippen LogP contribution < -0.4 is 16.7 Å². The molecule has 13 nitrogen and oxygen atoms in total. The number of sulfone groups is 1. The minimum Gasteiger partial charge on any atom is -0.325 e. The third-order valence-electron chi connectivity index (χ3n) is 4.95. The van der Waals surface area contributed by atoms with Crippen molar-refractivity contribution < 1.29 is 40.1 Å². The Morgan fingerprint density at radius 3 is 2.45 bits per heavy atom. The molecule has 3 amide bonds. The van der Waals surface area contributed by atoms with E-state index in [0.29, 0.717) is 32.1 Å². The summed E-state index contributed by atoms with van der Waals surface area (Å²) in [6.07, 6.45) is 2.45. The molecular weight excluding hydrogens is 432 g/mol. The van der Waals surface area contributed by atoms with E-state index in [9.17, 15) is 26.4 Å². The van der Waals surface area contributed by atoms with Gasteiger partial charge in [-0.2, -0.15) is 13.9 Å². The van der Waals surface area contributed by atoms with Crippen molar-refractivity contribution in [3.63, 3.8) is 0 Å². The molecule has 2 aliphatic heterocycles. The van der Waals surface area contributed by atoms with E-state index in [1.165, 1.54) is 0 Å². The number of nitrogens with zero attached hydrogens (tertiary/aromatic N) is 1. The summed E-state index contributed by atoms with van der Waals surface area (Å²) in [5.41, 5.74) is 9.80. The van der Waals surface area contributed by atoms with E-state index in [1.807, 2.05) is 0 Å². The SMILES string of the molecule is NC(CONC(=O)[C@@H]1CCCCN1C(=O)NOS(=O)(=O)O)C1CCS(=O)(=O)CC1. The molecule has 0 bridgehead atoms. The second-order valence-electron chi connectivity index (χ2n) is 7.05. The average molecular weight is 459 g/mol. The molecule has 0 saturated carbocycles. The standard InChI is InChI=1S/C14H26N4O9S2/c15-11(10-4-7-28(21,22)8-5-10)9-26-16-13(19)12-3-1-2-6-18(12)14(20)17-27-29(23,24)25/h10-12H,1-9,15H2,(H,16,19)(H,17,20)(H,23,24,25)/t11?,12-/m0/s1. The van der Waals surface area contributed by atoms with Gasteiger partial charge in [0, 0.05) is 12.6 Å². The Hall–Kier alpha value is -1.52. The highest BCUT2D eigenvalue weighted by molar-refractivity contribution is 7.91. The van der Waals surface area contributed by atoms with E-state index in [0.717, 1.165) is 4.90 Å². The second kappa shape index (κ2) is 9.99. The number of carbonyl (C=O) groups is 2. The summed E-state index contributed by atoms with van der Waals surface area (Å²) in [5.74, 6) is -0.500. The van der Waals surface area contributed by atoms with Gasteiger partial charge < -0.3 is 10.6 Å². The van der Waals surface area contributed by atoms with Gasteiger partial charge in [-0.05, 0) is 38.0 Å². The molecule has 168 valence electrons. The lowest BCUT2D eigenvalue weighted by Gasteiger charge is -2.34. The summed E-state index contributed by atoms with van der Waals surface area (Å²) in [5, 5.41) is 0. The van der Waals surface area contributed by atoms with Gasteiger partial charge in [0.1, 0.15) is 15.9 Å². The van der Waals surface area contributed by atoms with Gasteiger partial charge in [-0.3, -0.25) is 14.2 Å². The molecule has 15 heteroatoms. The first-order chi connectivity index (χ1) is 13.5. The summed E-state index contributed by atoms with van der Waals surface area (Å²) in [6.45, 7) is 0.149. The number of urea groups is 1. The zero-order valence-corrected chi connectivity index (χ0v) is 17.3. The van der Waals surface area contributed by atoms with Gasteiger partial charge >= 0.3 is 16.4 Å². The normalized spacial score (nSPS) is 23.9. The van der Waals surface area contributed by atoms with Crippen molar-refractivity contribution in [2.75, 3.05) is 24.7 Å². The van der Waals surface area contributed by atoms with Gasteiger partial charge in [0.25, 0.3) is 5.91 Å². The summed E-state index contributed by atoms with van der Waals surface area (Å²) < 4.78 is 56.4. The Morgan fingerprint density at radius 1 is 1.17 bits per heavy atom. The summed E-state index contributed by atoms with van der Waals surface area (Å²) in [7, 11) is -7.87. The topological polar surface area (TPSA) is 194 Å². The summed E-state index contributed by atoms with van der Waals surface area (Å²) >= 11 is 0. The highest BCUT2D eigenvalue weighted by Gasteiger charge is 2.33. The summed E-state index contributed by atoms with van der Waals surface area (Å²) in [6, 6.07) is -2.38. The van der Waals surface area contributed by atoms with Crippen molar-refractivity contribution >= 4 is 32.2 Å². The second-order valence-corrected chi connectivity index (χ2v) is 10.4. The first-order valence-corrected chi connectivity index (χ1v) is 12.3. The minimum atomic E-state index is -4.87. The lowest BCUT2D eigenvalue weighted by molar-refractivity contribution is -0.140. The van der Waals surface area contributed by atoms with E-state index in [-0.39, 0.29) is 30.6 Å². The fourth-order valence-electron chi connectivity index (χ4n) is 3.34. The lowest BCUT2D eigenvalue weighted by atomic mass is 9.95. The van der Waals surface area contributed by atoms with Crippen LogP contribution in [0.3, 0.4) is 0 Å². The van der Waals surface area contributed by atoms with E-state index in [1.54, 1.807) is 5.48 Å². The zero-order valence-electron chi connectivity index (χ0n) is 15.7. The molecule has 2 aliphatic rings. The molecule has 2 fully saturated rings. The Kier molecular flexibility index (Phi) is 8.18. The lowest BCUT2D eigenvalue weighted by Crippen LogP contribution is -2.55. The number of hydroxylamine groups is 2. The van der Waals surface area contributed by atoms with Crippen LogP contribution in [0.2, 0.25) is 0 Å². The molecule has 1 unspecified atom stereocenters. The van der Waals surface area contributed by atoms with Crippen molar-refractivity contribution in [1.82, 2.24) is 15.9 Å². The number of likely N-dealkylation sites (tertiary alicyclic amines) is 1. The molecule has 0 aromatic rings. The van der Waals surface area contributed by atoms with E-state index < -0.39 is 44.3 Å². The van der Waals surface area contributed by atoms with Crippen LogP contribution in [0.15, 0.2) is 0 Å². The molecule has 2 atom stereocenters. The Bertz CT molecular complexity index is 788. The predicted octanol–water partition coefficient (Wildman–Crippen LogP) is -1.52. The molecule has 5 N–H and O–H groups in total. The highest BCUT2D eigenvalue weighted by atomic mass is 32.3. The molecule has 2 rings (SSSR count). The van der Waals surface area contributed by atoms with Crippen LogP contribution in [0, 0.1) is 5.92 Å². The predicted molar refractivity (Wildman–Crippen MR) is 99.0 cm³/mol. The van der Waals surface area contributed by atoms with Gasteiger partial charge in [-0.15, -0.1) is 4.28 Å². The number of rotatable bonds is 7. The van der Waals surface area contributed by atoms with Gasteiger partial charge in [0.15, 0.2) is 0 Å². The number of nitrogens with one attached hydrogen (secondary N) is 2. The van der Waals surface area contributed by atoms with Crippen LogP contribution in [0.1, 0.15) is 32.1 Å². The van der Waals surface area contributed by atoms with Gasteiger partial charge in [0.05, 0.1) is 18.1 Å². The van der Waals surface area contributed by atoms with Crippen molar-refractivity contribution in [2.45, 2.75) is 44.2 Å². The van der Waals surface area contributed by atoms with Crippen molar-refractivity contribution in [3.05, 3.63) is 0 Å². The quantitative estimate of drug-likeness (QED) is 0.257. The fourth-order valence-corrected chi connectivity index (χ4v) is 5.05. The van der Waals surface area contributed by atoms with Crippen LogP contribution in [-0.4, -0.2) is 75.0 Å². The van der Waals surface area contributed by atoms with E-state index in [4.69, 9.17) is 15.1 Å². The van der Waals surface area contributed by atoms with Crippen molar-refractivity contribution in [1.29, 1.82) is 0 Å². The third kappa shape index (κ3) is 7.67. The minimum absolute atomic E-state index is 0.0265. The zero-order chi connectivity index (χ0) is 21.7.